The Morgan fingerprint density at radius 2 is 1.87 bits per heavy atom. The number of allylic oxidation sites excluding steroid dienone is 1. The lowest BCUT2D eigenvalue weighted by Gasteiger charge is -2.27. The van der Waals surface area contributed by atoms with Crippen molar-refractivity contribution in [2.45, 2.75) is 19.9 Å². The normalized spacial score (nSPS) is 14.6. The molecule has 0 bridgehead atoms. The fourth-order valence-electron chi connectivity index (χ4n) is 5.51. The second kappa shape index (κ2) is 12.3. The van der Waals surface area contributed by atoms with E-state index in [0.717, 1.165) is 22.1 Å². The number of aromatic carboxylic acids is 1. The van der Waals surface area contributed by atoms with E-state index in [1.54, 1.807) is 51.3 Å². The van der Waals surface area contributed by atoms with Crippen LogP contribution in [0.3, 0.4) is 0 Å². The Bertz CT molecular complexity index is 2260. The van der Waals surface area contributed by atoms with Crippen molar-refractivity contribution in [3.8, 4) is 22.8 Å². The molecule has 0 saturated heterocycles. The summed E-state index contributed by atoms with van der Waals surface area (Å²) >= 11 is 7.18. The maximum Gasteiger partial charge on any atom is 0.338 e. The van der Waals surface area contributed by atoms with Gasteiger partial charge in [0, 0.05) is 17.2 Å². The highest BCUT2D eigenvalue weighted by Crippen LogP contribution is 2.41. The summed E-state index contributed by atoms with van der Waals surface area (Å²) in [7, 11) is 3.10. The maximum absolute atomic E-state index is 14.2. The number of carboxylic acid groups (broad SMARTS) is 1. The number of esters is 1. The fourth-order valence-corrected chi connectivity index (χ4v) is 6.74. The number of carbonyl (C=O) groups excluding carboxylic acids is 1. The molecule has 1 unspecified atom stereocenters. The zero-order chi connectivity index (χ0) is 32.7. The first-order valence-corrected chi connectivity index (χ1v) is 15.3. The predicted molar refractivity (Wildman–Crippen MR) is 174 cm³/mol. The highest BCUT2D eigenvalue weighted by atomic mass is 35.5. The molecule has 1 aliphatic rings. The van der Waals surface area contributed by atoms with Gasteiger partial charge in [0.15, 0.2) is 4.80 Å². The van der Waals surface area contributed by atoms with E-state index in [2.05, 4.69) is 4.99 Å². The number of rotatable bonds is 8. The van der Waals surface area contributed by atoms with Crippen LogP contribution < -0.4 is 24.4 Å². The van der Waals surface area contributed by atoms with Crippen molar-refractivity contribution in [2.75, 3.05) is 20.8 Å². The van der Waals surface area contributed by atoms with Crippen LogP contribution in [0.1, 0.15) is 41.6 Å². The second-order valence-corrected chi connectivity index (χ2v) is 11.7. The number of hydrogen-bond acceptors (Lipinski definition) is 9. The predicted octanol–water partition coefficient (Wildman–Crippen LogP) is 5.58. The van der Waals surface area contributed by atoms with Crippen molar-refractivity contribution >= 4 is 51.7 Å². The van der Waals surface area contributed by atoms with Gasteiger partial charge in [-0.3, -0.25) is 9.36 Å². The number of nitrogens with zero attached hydrogens (tertiary/aromatic N) is 2. The molecule has 0 radical (unpaired) electrons. The Morgan fingerprint density at radius 1 is 1.09 bits per heavy atom. The highest BCUT2D eigenvalue weighted by molar-refractivity contribution is 7.07. The second-order valence-electron chi connectivity index (χ2n) is 10.3. The third-order valence-electron chi connectivity index (χ3n) is 7.62. The van der Waals surface area contributed by atoms with E-state index in [4.69, 9.17) is 30.2 Å². The van der Waals surface area contributed by atoms with Crippen LogP contribution in [0.2, 0.25) is 5.02 Å². The molecule has 1 atom stereocenters. The molecule has 3 aromatic carbocycles. The van der Waals surface area contributed by atoms with Crippen LogP contribution in [0.25, 0.3) is 28.2 Å². The van der Waals surface area contributed by atoms with Gasteiger partial charge in [-0.25, -0.2) is 14.6 Å². The largest absolute Gasteiger partial charge is 0.497 e. The van der Waals surface area contributed by atoms with E-state index in [1.165, 1.54) is 23.8 Å². The van der Waals surface area contributed by atoms with Gasteiger partial charge in [-0.05, 0) is 73.2 Å². The van der Waals surface area contributed by atoms with Gasteiger partial charge in [-0.2, -0.15) is 0 Å². The average molecular weight is 659 g/mol. The number of aromatic nitrogens is 1. The number of ether oxygens (including phenoxy) is 3. The molecule has 2 aromatic heterocycles. The number of hydrogen-bond donors (Lipinski definition) is 1. The lowest BCUT2D eigenvalue weighted by atomic mass is 9.90. The molecule has 12 heteroatoms. The summed E-state index contributed by atoms with van der Waals surface area (Å²) in [4.78, 5) is 44.4. The molecule has 0 saturated carbocycles. The molecular weight excluding hydrogens is 632 g/mol. The van der Waals surface area contributed by atoms with Crippen LogP contribution in [0.5, 0.6) is 11.5 Å². The third kappa shape index (κ3) is 5.37. The molecule has 3 heterocycles. The average Bonchev–Trinajstić information content (AvgIpc) is 3.63. The third-order valence-corrected chi connectivity index (χ3v) is 8.93. The summed E-state index contributed by atoms with van der Waals surface area (Å²) in [5.74, 6) is 0.0644. The number of furan rings is 1. The lowest BCUT2D eigenvalue weighted by molar-refractivity contribution is -0.139. The zero-order valence-corrected chi connectivity index (χ0v) is 26.7. The summed E-state index contributed by atoms with van der Waals surface area (Å²) in [6.45, 7) is 3.56. The monoisotopic (exact) mass is 658 g/mol. The number of carboxylic acids is 1. The number of methoxy groups -OCH3 is 2. The van der Waals surface area contributed by atoms with E-state index in [-0.39, 0.29) is 22.8 Å². The number of benzene rings is 3. The van der Waals surface area contributed by atoms with E-state index < -0.39 is 23.5 Å². The Hall–Kier alpha value is -5.13. The van der Waals surface area contributed by atoms with Crippen molar-refractivity contribution in [1.82, 2.24) is 4.57 Å². The lowest BCUT2D eigenvalue weighted by Crippen LogP contribution is -2.40. The first-order valence-electron chi connectivity index (χ1n) is 14.1. The molecule has 0 aliphatic carbocycles. The van der Waals surface area contributed by atoms with Crippen LogP contribution in [0.15, 0.2) is 86.1 Å². The van der Waals surface area contributed by atoms with Crippen LogP contribution in [-0.2, 0) is 9.53 Å². The first-order chi connectivity index (χ1) is 22.1. The molecule has 1 aliphatic heterocycles. The standard InChI is InChI=1S/C34H27ClN2O8S/c1-5-44-33(41)28-17(2)36-34-37(30(28)29-22-15-20(42-3)9-6-18(22)8-12-26(29)43-4)31(38)27(46-34)16-21-10-13-25(45-21)19-7-11-24(35)23(14-19)32(39)40/h6-16,30H,5H2,1-4H3,(H,39,40)/b27-16-. The van der Waals surface area contributed by atoms with Gasteiger partial charge in [0.2, 0.25) is 0 Å². The Kier molecular flexibility index (Phi) is 8.28. The molecule has 234 valence electrons. The van der Waals surface area contributed by atoms with Crippen molar-refractivity contribution in [3.05, 3.63) is 114 Å². The SMILES string of the molecule is CCOC(=O)C1=C(C)N=c2s/c(=C\c3ccc(-c4ccc(Cl)c(C(=O)O)c4)o3)c(=O)n2C1c1c(OC)ccc2ccc(OC)cc12. The van der Waals surface area contributed by atoms with Crippen molar-refractivity contribution < 1.29 is 33.3 Å². The summed E-state index contributed by atoms with van der Waals surface area (Å²) in [5.41, 5.74) is 1.27. The van der Waals surface area contributed by atoms with Gasteiger partial charge < -0.3 is 23.7 Å². The minimum atomic E-state index is -1.16. The van der Waals surface area contributed by atoms with Gasteiger partial charge in [0.05, 0.1) is 47.2 Å². The molecule has 5 aromatic rings. The molecule has 0 fully saturated rings. The quantitative estimate of drug-likeness (QED) is 0.214. The van der Waals surface area contributed by atoms with Crippen molar-refractivity contribution in [3.63, 3.8) is 0 Å². The minimum Gasteiger partial charge on any atom is -0.497 e. The summed E-state index contributed by atoms with van der Waals surface area (Å²) in [5, 5.41) is 11.2. The molecular formula is C34H27ClN2O8S. The van der Waals surface area contributed by atoms with Gasteiger partial charge in [0.25, 0.3) is 5.56 Å². The van der Waals surface area contributed by atoms with Crippen molar-refractivity contribution in [1.29, 1.82) is 0 Å². The van der Waals surface area contributed by atoms with Crippen LogP contribution in [-0.4, -0.2) is 42.4 Å². The Morgan fingerprint density at radius 3 is 2.59 bits per heavy atom. The molecule has 46 heavy (non-hydrogen) atoms. The van der Waals surface area contributed by atoms with Crippen LogP contribution in [0.4, 0.5) is 0 Å². The number of fused-ring (bicyclic) bond motifs is 2. The molecule has 0 spiro atoms. The topological polar surface area (TPSA) is 130 Å². The molecule has 1 N–H and O–H groups in total. The minimum absolute atomic E-state index is 0.0558. The Labute approximate surface area is 271 Å². The Balaban J connectivity index is 1.56. The van der Waals surface area contributed by atoms with Crippen LogP contribution in [0, 0.1) is 0 Å². The summed E-state index contributed by atoms with van der Waals surface area (Å²) in [6.07, 6.45) is 1.59. The van der Waals surface area contributed by atoms with Gasteiger partial charge in [-0.1, -0.05) is 35.1 Å². The van der Waals surface area contributed by atoms with Gasteiger partial charge >= 0.3 is 11.9 Å². The molecule has 0 amide bonds. The number of carbonyl (C=O) groups is 2. The van der Waals surface area contributed by atoms with Gasteiger partial charge in [0.1, 0.15) is 29.1 Å². The number of thiazole rings is 1. The van der Waals surface area contributed by atoms with E-state index in [1.807, 2.05) is 24.3 Å². The smallest absolute Gasteiger partial charge is 0.338 e. The highest BCUT2D eigenvalue weighted by Gasteiger charge is 2.36. The summed E-state index contributed by atoms with van der Waals surface area (Å²) in [6, 6.07) is 16.3. The van der Waals surface area contributed by atoms with Crippen LogP contribution >= 0.6 is 22.9 Å². The van der Waals surface area contributed by atoms with E-state index >= 15 is 0 Å². The van der Waals surface area contributed by atoms with E-state index in [0.29, 0.717) is 49.2 Å². The first kappa shape index (κ1) is 30.9. The van der Waals surface area contributed by atoms with E-state index in [9.17, 15) is 19.5 Å². The zero-order valence-electron chi connectivity index (χ0n) is 25.1. The fraction of sp³-hybridized carbons (Fsp3) is 0.176. The van der Waals surface area contributed by atoms with Crippen molar-refractivity contribution in [2.24, 2.45) is 4.99 Å². The summed E-state index contributed by atoms with van der Waals surface area (Å²) < 4.78 is 24.6. The molecule has 6 rings (SSSR count). The molecule has 10 nitrogen and oxygen atoms in total. The van der Waals surface area contributed by atoms with Gasteiger partial charge in [-0.15, -0.1) is 0 Å². The maximum atomic E-state index is 14.2. The number of halogens is 1.